The molecule has 0 heterocycles. The minimum Gasteiger partial charge on any atom is -0.489 e. The number of anilines is 1. The summed E-state index contributed by atoms with van der Waals surface area (Å²) < 4.78 is 19.7. The molecule has 0 unspecified atom stereocenters. The topological polar surface area (TPSA) is 38.3 Å². The SMILES string of the molecule is Cc1cc(NC(=O)c2ccc(OC3CC3)c(Br)c2)ccc1F. The summed E-state index contributed by atoms with van der Waals surface area (Å²) in [5.74, 6) is 0.212. The van der Waals surface area contributed by atoms with Gasteiger partial charge < -0.3 is 10.1 Å². The van der Waals surface area contributed by atoms with Crippen LogP contribution >= 0.6 is 15.9 Å². The third-order valence-corrected chi connectivity index (χ3v) is 4.05. The van der Waals surface area contributed by atoms with Gasteiger partial charge in [-0.05, 0) is 77.7 Å². The Kier molecular flexibility index (Phi) is 4.16. The van der Waals surface area contributed by atoms with E-state index in [-0.39, 0.29) is 11.7 Å². The second-order valence-electron chi connectivity index (χ2n) is 5.38. The minimum absolute atomic E-state index is 0.246. The van der Waals surface area contributed by atoms with Crippen LogP contribution in [0, 0.1) is 12.7 Å². The molecule has 5 heteroatoms. The zero-order valence-corrected chi connectivity index (χ0v) is 13.6. The lowest BCUT2D eigenvalue weighted by atomic mass is 10.1. The second-order valence-corrected chi connectivity index (χ2v) is 6.23. The monoisotopic (exact) mass is 363 g/mol. The first-order valence-electron chi connectivity index (χ1n) is 7.06. The lowest BCUT2D eigenvalue weighted by molar-refractivity contribution is 0.102. The highest BCUT2D eigenvalue weighted by Crippen LogP contribution is 2.32. The Morgan fingerprint density at radius 2 is 2.05 bits per heavy atom. The number of aryl methyl sites for hydroxylation is 1. The van der Waals surface area contributed by atoms with Crippen LogP contribution in [-0.4, -0.2) is 12.0 Å². The molecular weight excluding hydrogens is 349 g/mol. The van der Waals surface area contributed by atoms with Crippen molar-refractivity contribution in [3.8, 4) is 5.75 Å². The van der Waals surface area contributed by atoms with Crippen molar-refractivity contribution in [2.45, 2.75) is 25.9 Å². The van der Waals surface area contributed by atoms with Crippen molar-refractivity contribution in [3.05, 3.63) is 57.8 Å². The Hall–Kier alpha value is -1.88. The van der Waals surface area contributed by atoms with Crippen molar-refractivity contribution >= 4 is 27.5 Å². The molecule has 2 aromatic carbocycles. The van der Waals surface area contributed by atoms with Crippen LogP contribution in [0.15, 0.2) is 40.9 Å². The normalized spacial score (nSPS) is 13.8. The number of carbonyl (C=O) groups excluding carboxylic acids is 1. The van der Waals surface area contributed by atoms with Gasteiger partial charge in [0.05, 0.1) is 10.6 Å². The van der Waals surface area contributed by atoms with E-state index < -0.39 is 0 Å². The van der Waals surface area contributed by atoms with E-state index in [9.17, 15) is 9.18 Å². The van der Waals surface area contributed by atoms with Gasteiger partial charge in [-0.25, -0.2) is 4.39 Å². The molecule has 3 rings (SSSR count). The molecule has 1 N–H and O–H groups in total. The van der Waals surface area contributed by atoms with Crippen LogP contribution in [-0.2, 0) is 0 Å². The highest BCUT2D eigenvalue weighted by Gasteiger charge is 2.24. The summed E-state index contributed by atoms with van der Waals surface area (Å²) in [6.07, 6.45) is 2.47. The maximum Gasteiger partial charge on any atom is 0.255 e. The number of benzene rings is 2. The van der Waals surface area contributed by atoms with Gasteiger partial charge in [-0.2, -0.15) is 0 Å². The molecule has 3 nitrogen and oxygen atoms in total. The molecule has 22 heavy (non-hydrogen) atoms. The average Bonchev–Trinajstić information content (AvgIpc) is 3.29. The molecule has 114 valence electrons. The molecule has 0 radical (unpaired) electrons. The van der Waals surface area contributed by atoms with E-state index in [1.165, 1.54) is 6.07 Å². The first kappa shape index (κ1) is 15.0. The number of hydrogen-bond acceptors (Lipinski definition) is 2. The number of hydrogen-bond donors (Lipinski definition) is 1. The van der Waals surface area contributed by atoms with Gasteiger partial charge >= 0.3 is 0 Å². The van der Waals surface area contributed by atoms with E-state index in [4.69, 9.17) is 4.74 Å². The summed E-state index contributed by atoms with van der Waals surface area (Å²) in [7, 11) is 0. The molecule has 0 atom stereocenters. The fraction of sp³-hybridized carbons (Fsp3) is 0.235. The van der Waals surface area contributed by atoms with Crippen LogP contribution in [0.2, 0.25) is 0 Å². The highest BCUT2D eigenvalue weighted by atomic mass is 79.9. The molecule has 0 spiro atoms. The van der Waals surface area contributed by atoms with E-state index in [1.807, 2.05) is 0 Å². The van der Waals surface area contributed by atoms with Gasteiger partial charge in [0.25, 0.3) is 5.91 Å². The Bertz CT molecular complexity index is 729. The second kappa shape index (κ2) is 6.08. The van der Waals surface area contributed by atoms with Crippen LogP contribution < -0.4 is 10.1 Å². The number of nitrogens with one attached hydrogen (secondary N) is 1. The molecule has 2 aromatic rings. The Morgan fingerprint density at radius 1 is 1.27 bits per heavy atom. The first-order chi connectivity index (χ1) is 10.5. The zero-order valence-electron chi connectivity index (χ0n) is 12.0. The Morgan fingerprint density at radius 3 is 2.68 bits per heavy atom. The van der Waals surface area contributed by atoms with Crippen molar-refractivity contribution in [1.82, 2.24) is 0 Å². The smallest absolute Gasteiger partial charge is 0.255 e. The van der Waals surface area contributed by atoms with Gasteiger partial charge in [-0.15, -0.1) is 0 Å². The van der Waals surface area contributed by atoms with E-state index in [2.05, 4.69) is 21.2 Å². The van der Waals surface area contributed by atoms with E-state index in [0.717, 1.165) is 23.1 Å². The highest BCUT2D eigenvalue weighted by molar-refractivity contribution is 9.10. The molecule has 1 saturated carbocycles. The molecule has 0 aliphatic heterocycles. The number of rotatable bonds is 4. The van der Waals surface area contributed by atoms with Gasteiger partial charge in [0, 0.05) is 11.3 Å². The molecule has 1 amide bonds. The molecule has 0 saturated heterocycles. The van der Waals surface area contributed by atoms with Crippen molar-refractivity contribution in [2.75, 3.05) is 5.32 Å². The van der Waals surface area contributed by atoms with Crippen molar-refractivity contribution in [2.24, 2.45) is 0 Å². The molecule has 1 fully saturated rings. The summed E-state index contributed by atoms with van der Waals surface area (Å²) in [6, 6.07) is 9.71. The molecule has 1 aliphatic rings. The maximum atomic E-state index is 13.2. The van der Waals surface area contributed by atoms with Gasteiger partial charge in [0.15, 0.2) is 0 Å². The van der Waals surface area contributed by atoms with Gasteiger partial charge in [-0.1, -0.05) is 0 Å². The zero-order chi connectivity index (χ0) is 15.7. The van der Waals surface area contributed by atoms with Gasteiger partial charge in [0.2, 0.25) is 0 Å². The Balaban J connectivity index is 1.73. The fourth-order valence-corrected chi connectivity index (χ4v) is 2.50. The number of amides is 1. The average molecular weight is 364 g/mol. The van der Waals surface area contributed by atoms with Crippen LogP contribution in [0.4, 0.5) is 10.1 Å². The van der Waals surface area contributed by atoms with Gasteiger partial charge in [-0.3, -0.25) is 4.79 Å². The summed E-state index contributed by atoms with van der Waals surface area (Å²) in [5.41, 5.74) is 1.57. The number of carbonyl (C=O) groups is 1. The fourth-order valence-electron chi connectivity index (χ4n) is 2.03. The van der Waals surface area contributed by atoms with Gasteiger partial charge in [0.1, 0.15) is 11.6 Å². The Labute approximate surface area is 136 Å². The van der Waals surface area contributed by atoms with Crippen molar-refractivity contribution in [3.63, 3.8) is 0 Å². The predicted octanol–water partition coefficient (Wildman–Crippen LogP) is 4.69. The summed E-state index contributed by atoms with van der Waals surface area (Å²) in [6.45, 7) is 1.66. The summed E-state index contributed by atoms with van der Waals surface area (Å²) in [4.78, 5) is 12.2. The van der Waals surface area contributed by atoms with Crippen LogP contribution in [0.5, 0.6) is 5.75 Å². The number of ether oxygens (including phenoxy) is 1. The third kappa shape index (κ3) is 3.47. The van der Waals surface area contributed by atoms with E-state index >= 15 is 0 Å². The summed E-state index contributed by atoms with van der Waals surface area (Å²) in [5, 5.41) is 2.76. The quantitative estimate of drug-likeness (QED) is 0.855. The van der Waals surface area contributed by atoms with E-state index in [1.54, 1.807) is 37.3 Å². The molecule has 0 bridgehead atoms. The lowest BCUT2D eigenvalue weighted by Crippen LogP contribution is -2.12. The van der Waals surface area contributed by atoms with Crippen LogP contribution in [0.3, 0.4) is 0 Å². The maximum absolute atomic E-state index is 13.2. The molecular formula is C17H15BrFNO2. The molecule has 1 aliphatic carbocycles. The first-order valence-corrected chi connectivity index (χ1v) is 7.86. The van der Waals surface area contributed by atoms with Crippen LogP contribution in [0.25, 0.3) is 0 Å². The largest absolute Gasteiger partial charge is 0.489 e. The standard InChI is InChI=1S/C17H15BrFNO2/c1-10-8-12(3-6-15(10)19)20-17(21)11-2-7-16(14(18)9-11)22-13-4-5-13/h2-3,6-9,13H,4-5H2,1H3,(H,20,21). The van der Waals surface area contributed by atoms with E-state index in [0.29, 0.717) is 22.9 Å². The van der Waals surface area contributed by atoms with Crippen molar-refractivity contribution < 1.29 is 13.9 Å². The summed E-state index contributed by atoms with van der Waals surface area (Å²) >= 11 is 3.42. The predicted molar refractivity (Wildman–Crippen MR) is 86.9 cm³/mol. The number of halogens is 2. The van der Waals surface area contributed by atoms with Crippen molar-refractivity contribution in [1.29, 1.82) is 0 Å². The lowest BCUT2D eigenvalue weighted by Gasteiger charge is -2.10. The third-order valence-electron chi connectivity index (χ3n) is 3.43. The minimum atomic E-state index is -0.290. The van der Waals surface area contributed by atoms with Crippen LogP contribution in [0.1, 0.15) is 28.8 Å². The molecule has 0 aromatic heterocycles.